The van der Waals surface area contributed by atoms with Gasteiger partial charge in [0.1, 0.15) is 11.6 Å². The minimum atomic E-state index is -4.48. The standard InChI is InChI=1S/C19H27ClF3N5O.HI/c1-2-24-18(28-9-5-15(13-28)27-7-3-4-8-27)25-6-10-29-17-16(20)11-14(12-26-17)19(21,22)23;/h11-12,15H,2-10,13H2,1H3,(H,24,25);1H. The molecular weight excluding hydrogens is 534 g/mol. The van der Waals surface area contributed by atoms with Crippen LogP contribution in [0.5, 0.6) is 5.88 Å². The monoisotopic (exact) mass is 561 g/mol. The van der Waals surface area contributed by atoms with Gasteiger partial charge in [-0.25, -0.2) is 9.98 Å². The van der Waals surface area contributed by atoms with Crippen LogP contribution in [0.4, 0.5) is 13.2 Å². The van der Waals surface area contributed by atoms with Crippen LogP contribution in [-0.4, -0.2) is 72.7 Å². The van der Waals surface area contributed by atoms with Gasteiger partial charge in [-0.3, -0.25) is 4.90 Å². The first kappa shape index (κ1) is 25.3. The van der Waals surface area contributed by atoms with Gasteiger partial charge in [0, 0.05) is 31.9 Å². The Morgan fingerprint density at radius 1 is 1.33 bits per heavy atom. The molecule has 0 spiro atoms. The van der Waals surface area contributed by atoms with Gasteiger partial charge in [0.25, 0.3) is 0 Å². The van der Waals surface area contributed by atoms with E-state index < -0.39 is 11.7 Å². The lowest BCUT2D eigenvalue weighted by molar-refractivity contribution is -0.137. The molecule has 30 heavy (non-hydrogen) atoms. The molecule has 0 aliphatic carbocycles. The largest absolute Gasteiger partial charge is 0.475 e. The molecule has 0 amide bonds. The molecule has 0 aromatic carbocycles. The molecule has 3 rings (SSSR count). The normalized spacial score (nSPS) is 20.4. The number of rotatable bonds is 6. The third kappa shape index (κ3) is 6.74. The Balaban J connectivity index is 0.00000320. The van der Waals surface area contributed by atoms with Crippen LogP contribution in [0.1, 0.15) is 31.7 Å². The zero-order chi connectivity index (χ0) is 20.9. The summed E-state index contributed by atoms with van der Waals surface area (Å²) >= 11 is 5.86. The van der Waals surface area contributed by atoms with Gasteiger partial charge in [0.2, 0.25) is 5.88 Å². The molecule has 2 saturated heterocycles. The Morgan fingerprint density at radius 2 is 2.07 bits per heavy atom. The lowest BCUT2D eigenvalue weighted by Gasteiger charge is -2.25. The van der Waals surface area contributed by atoms with Gasteiger partial charge in [-0.2, -0.15) is 13.2 Å². The molecule has 2 aliphatic rings. The second-order valence-corrected chi connectivity index (χ2v) is 7.63. The van der Waals surface area contributed by atoms with E-state index in [1.54, 1.807) is 0 Å². The summed E-state index contributed by atoms with van der Waals surface area (Å²) in [6.07, 6.45) is -0.0722. The molecule has 11 heteroatoms. The number of guanidine groups is 1. The van der Waals surface area contributed by atoms with Gasteiger partial charge in [0.15, 0.2) is 5.96 Å². The van der Waals surface area contributed by atoms with Gasteiger partial charge in [-0.15, -0.1) is 24.0 Å². The van der Waals surface area contributed by atoms with Crippen molar-refractivity contribution in [1.29, 1.82) is 0 Å². The molecule has 2 aliphatic heterocycles. The molecule has 0 saturated carbocycles. The van der Waals surface area contributed by atoms with E-state index in [0.29, 0.717) is 12.6 Å². The highest BCUT2D eigenvalue weighted by Gasteiger charge is 2.32. The van der Waals surface area contributed by atoms with E-state index in [4.69, 9.17) is 16.3 Å². The van der Waals surface area contributed by atoms with Gasteiger partial charge >= 0.3 is 6.18 Å². The summed E-state index contributed by atoms with van der Waals surface area (Å²) in [6, 6.07) is 1.40. The summed E-state index contributed by atoms with van der Waals surface area (Å²) in [7, 11) is 0. The van der Waals surface area contributed by atoms with Crippen LogP contribution in [0.25, 0.3) is 0 Å². The van der Waals surface area contributed by atoms with Crippen LogP contribution < -0.4 is 10.1 Å². The first-order chi connectivity index (χ1) is 13.9. The number of halogens is 5. The SMILES string of the molecule is CCNC(=NCCOc1ncc(C(F)(F)F)cc1Cl)N1CCC(N2CCCC2)C1.I. The lowest BCUT2D eigenvalue weighted by atomic mass is 10.2. The molecule has 1 aromatic heterocycles. The molecule has 1 N–H and O–H groups in total. The van der Waals surface area contributed by atoms with Crippen LogP contribution in [0.3, 0.4) is 0 Å². The first-order valence-corrected chi connectivity index (χ1v) is 10.4. The van der Waals surface area contributed by atoms with Crippen molar-refractivity contribution in [2.45, 2.75) is 38.4 Å². The highest BCUT2D eigenvalue weighted by Crippen LogP contribution is 2.33. The predicted octanol–water partition coefficient (Wildman–Crippen LogP) is 3.89. The van der Waals surface area contributed by atoms with E-state index in [-0.39, 0.29) is 41.5 Å². The molecule has 6 nitrogen and oxygen atoms in total. The third-order valence-corrected chi connectivity index (χ3v) is 5.45. The number of likely N-dealkylation sites (tertiary alicyclic amines) is 2. The third-order valence-electron chi connectivity index (χ3n) is 5.18. The Bertz CT molecular complexity index is 716. The van der Waals surface area contributed by atoms with Crippen LogP contribution in [0.15, 0.2) is 17.3 Å². The number of pyridine rings is 1. The molecule has 1 unspecified atom stereocenters. The maximum atomic E-state index is 12.7. The fourth-order valence-corrected chi connectivity index (χ4v) is 3.97. The topological polar surface area (TPSA) is 53.0 Å². The summed E-state index contributed by atoms with van der Waals surface area (Å²) in [5.74, 6) is 0.819. The number of nitrogens with one attached hydrogen (secondary N) is 1. The van der Waals surface area contributed by atoms with Crippen LogP contribution in [-0.2, 0) is 6.18 Å². The van der Waals surface area contributed by atoms with E-state index in [0.717, 1.165) is 44.3 Å². The molecule has 170 valence electrons. The Morgan fingerprint density at radius 3 is 2.70 bits per heavy atom. The van der Waals surface area contributed by atoms with Gasteiger partial charge in [0.05, 0.1) is 12.1 Å². The first-order valence-electron chi connectivity index (χ1n) is 10.0. The Labute approximate surface area is 197 Å². The van der Waals surface area contributed by atoms with E-state index in [2.05, 4.69) is 25.1 Å². The average molecular weight is 562 g/mol. The number of nitrogens with zero attached hydrogens (tertiary/aromatic N) is 4. The van der Waals surface area contributed by atoms with Crippen LogP contribution in [0.2, 0.25) is 5.02 Å². The lowest BCUT2D eigenvalue weighted by Crippen LogP contribution is -2.42. The summed E-state index contributed by atoms with van der Waals surface area (Å²) < 4.78 is 43.4. The molecule has 1 aromatic rings. The van der Waals surface area contributed by atoms with Gasteiger partial charge in [-0.1, -0.05) is 11.6 Å². The predicted molar refractivity (Wildman–Crippen MR) is 122 cm³/mol. The summed E-state index contributed by atoms with van der Waals surface area (Å²) in [6.45, 7) is 7.59. The molecule has 3 heterocycles. The number of aliphatic imine (C=N–C) groups is 1. The zero-order valence-electron chi connectivity index (χ0n) is 16.9. The second-order valence-electron chi connectivity index (χ2n) is 7.22. The van der Waals surface area contributed by atoms with E-state index in [1.807, 2.05) is 6.92 Å². The highest BCUT2D eigenvalue weighted by molar-refractivity contribution is 14.0. The van der Waals surface area contributed by atoms with Crippen molar-refractivity contribution in [3.8, 4) is 5.88 Å². The van der Waals surface area contributed by atoms with Crippen molar-refractivity contribution in [1.82, 2.24) is 20.1 Å². The number of hydrogen-bond acceptors (Lipinski definition) is 4. The molecule has 1 atom stereocenters. The van der Waals surface area contributed by atoms with E-state index >= 15 is 0 Å². The molecular formula is C19H28ClF3IN5O. The van der Waals surface area contributed by atoms with Crippen LogP contribution in [0, 0.1) is 0 Å². The number of aromatic nitrogens is 1. The smallest absolute Gasteiger partial charge is 0.417 e. The maximum Gasteiger partial charge on any atom is 0.417 e. The minimum absolute atomic E-state index is 0. The fraction of sp³-hybridized carbons (Fsp3) is 0.684. The van der Waals surface area contributed by atoms with Crippen molar-refractivity contribution in [2.24, 2.45) is 4.99 Å². The van der Waals surface area contributed by atoms with Crippen molar-refractivity contribution < 1.29 is 17.9 Å². The summed E-state index contributed by atoms with van der Waals surface area (Å²) in [5, 5.41) is 3.14. The second kappa shape index (κ2) is 11.6. The highest BCUT2D eigenvalue weighted by atomic mass is 127. The quantitative estimate of drug-likeness (QED) is 0.247. The average Bonchev–Trinajstić information content (AvgIpc) is 3.35. The fourth-order valence-electron chi connectivity index (χ4n) is 3.75. The zero-order valence-corrected chi connectivity index (χ0v) is 20.0. The number of ether oxygens (including phenoxy) is 1. The van der Waals surface area contributed by atoms with Crippen molar-refractivity contribution in [3.63, 3.8) is 0 Å². The molecule has 0 bridgehead atoms. The summed E-state index contributed by atoms with van der Waals surface area (Å²) in [4.78, 5) is 13.1. The number of hydrogen-bond donors (Lipinski definition) is 1. The Hall–Kier alpha value is -1.01. The minimum Gasteiger partial charge on any atom is -0.475 e. The number of alkyl halides is 3. The van der Waals surface area contributed by atoms with E-state index in [9.17, 15) is 13.2 Å². The van der Waals surface area contributed by atoms with E-state index in [1.165, 1.54) is 25.9 Å². The van der Waals surface area contributed by atoms with Crippen molar-refractivity contribution in [2.75, 3.05) is 45.9 Å². The summed E-state index contributed by atoms with van der Waals surface area (Å²) in [5.41, 5.74) is -0.899. The van der Waals surface area contributed by atoms with Gasteiger partial charge in [-0.05, 0) is 45.3 Å². The molecule has 0 radical (unpaired) electrons. The van der Waals surface area contributed by atoms with Crippen molar-refractivity contribution >= 4 is 41.5 Å². The van der Waals surface area contributed by atoms with Gasteiger partial charge < -0.3 is 15.0 Å². The maximum absolute atomic E-state index is 12.7. The van der Waals surface area contributed by atoms with Crippen LogP contribution >= 0.6 is 35.6 Å². The molecule has 2 fully saturated rings. The Kier molecular flexibility index (Phi) is 9.73. The van der Waals surface area contributed by atoms with Crippen molar-refractivity contribution in [3.05, 3.63) is 22.8 Å².